The molecule has 0 unspecified atom stereocenters. The van der Waals surface area contributed by atoms with E-state index in [0.29, 0.717) is 18.7 Å². The molecule has 1 aromatic heterocycles. The molecule has 1 aliphatic rings. The molecule has 1 aliphatic heterocycles. The number of carbonyl (C=O) groups is 2. The number of nitrogens with one attached hydrogen (secondary N) is 2. The maximum atomic E-state index is 12.3. The van der Waals surface area contributed by atoms with E-state index in [1.165, 1.54) is 0 Å². The number of para-hydroxylation sites is 1. The highest BCUT2D eigenvalue weighted by atomic mass is 16.6. The number of nitrogens with zero attached hydrogens (tertiary/aromatic N) is 1. The van der Waals surface area contributed by atoms with Crippen LogP contribution < -0.4 is 15.4 Å². The highest BCUT2D eigenvalue weighted by Gasteiger charge is 2.31. The average molecular weight is 371 g/mol. The van der Waals surface area contributed by atoms with Gasteiger partial charge in [0.2, 0.25) is 5.91 Å². The van der Waals surface area contributed by atoms with Crippen LogP contribution in [0.4, 0.5) is 0 Å². The molecule has 1 fully saturated rings. The second-order valence-electron chi connectivity index (χ2n) is 6.67. The zero-order valence-electron chi connectivity index (χ0n) is 15.6. The van der Waals surface area contributed by atoms with Gasteiger partial charge in [0.1, 0.15) is 5.75 Å². The Morgan fingerprint density at radius 1 is 1.15 bits per heavy atom. The van der Waals surface area contributed by atoms with Gasteiger partial charge in [0, 0.05) is 38.2 Å². The van der Waals surface area contributed by atoms with E-state index < -0.39 is 0 Å². The van der Waals surface area contributed by atoms with Crippen LogP contribution in [0.5, 0.6) is 11.7 Å². The molecule has 1 saturated heterocycles. The molecule has 2 aromatic rings. The van der Waals surface area contributed by atoms with Gasteiger partial charge in [0.25, 0.3) is 11.9 Å². The Morgan fingerprint density at radius 2 is 1.89 bits per heavy atom. The highest BCUT2D eigenvalue weighted by molar-refractivity contribution is 5.91. The minimum atomic E-state index is -0.277. The number of furan rings is 1. The molecule has 2 atom stereocenters. The predicted octanol–water partition coefficient (Wildman–Crippen LogP) is 2.40. The monoisotopic (exact) mass is 371 g/mol. The van der Waals surface area contributed by atoms with E-state index in [0.717, 1.165) is 12.8 Å². The van der Waals surface area contributed by atoms with Gasteiger partial charge in [-0.3, -0.25) is 14.5 Å². The molecule has 7 heteroatoms. The molecule has 3 rings (SSSR count). The first-order chi connectivity index (χ1) is 13.1. The second kappa shape index (κ2) is 8.73. The summed E-state index contributed by atoms with van der Waals surface area (Å²) >= 11 is 0. The molecule has 2 heterocycles. The summed E-state index contributed by atoms with van der Waals surface area (Å²) in [7, 11) is 3.64. The van der Waals surface area contributed by atoms with Crippen molar-refractivity contribution in [2.75, 3.05) is 20.6 Å². The fourth-order valence-electron chi connectivity index (χ4n) is 3.30. The SMILES string of the molecule is CNC(=O)C[C@H]1CC[C@@H](CNC(=O)c2ccc(Oc3ccccc3)o2)N1C. The molecule has 0 bridgehead atoms. The highest BCUT2D eigenvalue weighted by Crippen LogP contribution is 2.25. The quantitative estimate of drug-likeness (QED) is 0.781. The van der Waals surface area contributed by atoms with Crippen molar-refractivity contribution in [3.8, 4) is 11.7 Å². The number of carbonyl (C=O) groups excluding carboxylic acids is 2. The molecule has 0 aliphatic carbocycles. The van der Waals surface area contributed by atoms with E-state index in [9.17, 15) is 9.59 Å². The van der Waals surface area contributed by atoms with E-state index in [4.69, 9.17) is 9.15 Å². The number of hydrogen-bond acceptors (Lipinski definition) is 5. The fourth-order valence-corrected chi connectivity index (χ4v) is 3.30. The summed E-state index contributed by atoms with van der Waals surface area (Å²) in [6, 6.07) is 12.9. The van der Waals surface area contributed by atoms with Crippen molar-refractivity contribution in [3.63, 3.8) is 0 Å². The Labute approximate surface area is 158 Å². The minimum Gasteiger partial charge on any atom is -0.426 e. The van der Waals surface area contributed by atoms with Gasteiger partial charge < -0.3 is 19.8 Å². The summed E-state index contributed by atoms with van der Waals surface area (Å²) in [5, 5.41) is 5.56. The van der Waals surface area contributed by atoms with Crippen LogP contribution in [-0.2, 0) is 4.79 Å². The zero-order chi connectivity index (χ0) is 19.2. The van der Waals surface area contributed by atoms with Crippen LogP contribution in [0.15, 0.2) is 46.9 Å². The second-order valence-corrected chi connectivity index (χ2v) is 6.67. The first kappa shape index (κ1) is 19.0. The number of rotatable bonds is 7. The summed E-state index contributed by atoms with van der Waals surface area (Å²) in [6.07, 6.45) is 2.37. The van der Waals surface area contributed by atoms with Crippen LogP contribution in [0.2, 0.25) is 0 Å². The van der Waals surface area contributed by atoms with Crippen molar-refractivity contribution < 1.29 is 18.7 Å². The van der Waals surface area contributed by atoms with Crippen molar-refractivity contribution in [2.24, 2.45) is 0 Å². The topological polar surface area (TPSA) is 83.8 Å². The molecule has 2 N–H and O–H groups in total. The number of amides is 2. The molecule has 1 aromatic carbocycles. The average Bonchev–Trinajstić information content (AvgIpc) is 3.28. The van der Waals surface area contributed by atoms with Crippen molar-refractivity contribution in [3.05, 3.63) is 48.2 Å². The first-order valence-corrected chi connectivity index (χ1v) is 9.10. The molecule has 2 amide bonds. The summed E-state index contributed by atoms with van der Waals surface area (Å²) in [5.74, 6) is 0.895. The van der Waals surface area contributed by atoms with Crippen molar-refractivity contribution in [1.82, 2.24) is 15.5 Å². The smallest absolute Gasteiger partial charge is 0.290 e. The van der Waals surface area contributed by atoms with Gasteiger partial charge in [-0.25, -0.2) is 0 Å². The molecule has 144 valence electrons. The Balaban J connectivity index is 1.49. The third kappa shape index (κ3) is 4.89. The Hall–Kier alpha value is -2.80. The number of likely N-dealkylation sites (N-methyl/N-ethyl adjacent to an activating group) is 1. The van der Waals surface area contributed by atoms with Gasteiger partial charge in [-0.1, -0.05) is 18.2 Å². The number of ether oxygens (including phenoxy) is 1. The standard InChI is InChI=1S/C20H25N3O4/c1-21-18(24)12-14-8-9-15(23(14)2)13-22-20(25)17-10-11-19(27-17)26-16-6-4-3-5-7-16/h3-7,10-11,14-15H,8-9,12-13H2,1-2H3,(H,21,24)(H,22,25)/t14-,15+/m1/s1. The lowest BCUT2D eigenvalue weighted by molar-refractivity contribution is -0.121. The Morgan fingerprint density at radius 3 is 2.63 bits per heavy atom. The van der Waals surface area contributed by atoms with Gasteiger partial charge in [0.05, 0.1) is 0 Å². The van der Waals surface area contributed by atoms with Gasteiger partial charge in [-0.15, -0.1) is 0 Å². The maximum absolute atomic E-state index is 12.3. The van der Waals surface area contributed by atoms with Crippen LogP contribution >= 0.6 is 0 Å². The Bertz CT molecular complexity index is 775. The van der Waals surface area contributed by atoms with Gasteiger partial charge in [0.15, 0.2) is 5.76 Å². The lowest BCUT2D eigenvalue weighted by Crippen LogP contribution is -2.42. The largest absolute Gasteiger partial charge is 0.426 e. The number of benzene rings is 1. The summed E-state index contributed by atoms with van der Waals surface area (Å²) in [5.41, 5.74) is 0. The third-order valence-electron chi connectivity index (χ3n) is 4.95. The minimum absolute atomic E-state index is 0.0399. The normalized spacial score (nSPS) is 19.6. The van der Waals surface area contributed by atoms with E-state index in [1.54, 1.807) is 19.2 Å². The van der Waals surface area contributed by atoms with Crippen LogP contribution in [0, 0.1) is 0 Å². The number of likely N-dealkylation sites (tertiary alicyclic amines) is 1. The van der Waals surface area contributed by atoms with Crippen LogP contribution in [0.3, 0.4) is 0 Å². The van der Waals surface area contributed by atoms with E-state index in [2.05, 4.69) is 15.5 Å². The lowest BCUT2D eigenvalue weighted by atomic mass is 10.1. The van der Waals surface area contributed by atoms with Crippen molar-refractivity contribution in [2.45, 2.75) is 31.3 Å². The van der Waals surface area contributed by atoms with Crippen LogP contribution in [0.1, 0.15) is 29.8 Å². The number of hydrogen-bond donors (Lipinski definition) is 2. The van der Waals surface area contributed by atoms with Gasteiger partial charge in [-0.2, -0.15) is 0 Å². The first-order valence-electron chi connectivity index (χ1n) is 9.10. The van der Waals surface area contributed by atoms with Crippen LogP contribution in [0.25, 0.3) is 0 Å². The summed E-state index contributed by atoms with van der Waals surface area (Å²) < 4.78 is 11.1. The maximum Gasteiger partial charge on any atom is 0.290 e. The van der Waals surface area contributed by atoms with Gasteiger partial charge >= 0.3 is 0 Å². The van der Waals surface area contributed by atoms with E-state index in [1.807, 2.05) is 37.4 Å². The summed E-state index contributed by atoms with van der Waals surface area (Å²) in [6.45, 7) is 0.509. The predicted molar refractivity (Wildman–Crippen MR) is 101 cm³/mol. The molecule has 0 radical (unpaired) electrons. The molecule has 7 nitrogen and oxygen atoms in total. The molecule has 0 saturated carbocycles. The molecular formula is C20H25N3O4. The third-order valence-corrected chi connectivity index (χ3v) is 4.95. The van der Waals surface area contributed by atoms with Crippen LogP contribution in [-0.4, -0.2) is 49.4 Å². The fraction of sp³-hybridized carbons (Fsp3) is 0.400. The zero-order valence-corrected chi connectivity index (χ0v) is 15.6. The summed E-state index contributed by atoms with van der Waals surface area (Å²) in [4.78, 5) is 26.1. The molecular weight excluding hydrogens is 346 g/mol. The van der Waals surface area contributed by atoms with Crippen molar-refractivity contribution >= 4 is 11.8 Å². The van der Waals surface area contributed by atoms with E-state index >= 15 is 0 Å². The molecule has 27 heavy (non-hydrogen) atoms. The van der Waals surface area contributed by atoms with E-state index in [-0.39, 0.29) is 35.6 Å². The lowest BCUT2D eigenvalue weighted by Gasteiger charge is -2.25. The van der Waals surface area contributed by atoms with Crippen molar-refractivity contribution in [1.29, 1.82) is 0 Å². The van der Waals surface area contributed by atoms with Gasteiger partial charge in [-0.05, 0) is 38.1 Å². The Kier molecular flexibility index (Phi) is 6.13. The molecule has 0 spiro atoms.